The van der Waals surface area contributed by atoms with E-state index in [-0.39, 0.29) is 12.4 Å². The third-order valence-electron chi connectivity index (χ3n) is 1.46. The molecule has 0 aliphatic carbocycles. The summed E-state index contributed by atoms with van der Waals surface area (Å²) in [6.07, 6.45) is -1.08. The number of hydrogen-bond donors (Lipinski definition) is 1. The van der Waals surface area contributed by atoms with Crippen LogP contribution in [0.2, 0.25) is 0 Å². The first-order valence-corrected chi connectivity index (χ1v) is 3.87. The van der Waals surface area contributed by atoms with Crippen LogP contribution < -0.4 is 9.84 Å². The van der Waals surface area contributed by atoms with Crippen LogP contribution in [-0.4, -0.2) is 24.4 Å². The number of hydrogen-bond acceptors (Lipinski definition) is 3. The molecule has 4 heteroatoms. The van der Waals surface area contributed by atoms with Gasteiger partial charge in [-0.15, -0.1) is 6.61 Å². The first-order chi connectivity index (χ1) is 6.24. The first-order valence-electron chi connectivity index (χ1n) is 3.87. The van der Waals surface area contributed by atoms with Crippen molar-refractivity contribution in [3.63, 3.8) is 0 Å². The normalized spacial score (nSPS) is 12.5. The molecule has 0 spiro atoms. The molecule has 1 N–H and O–H groups in total. The number of halogens is 1. The number of aliphatic hydroxyl groups excluding tert-OH is 1. The number of benzene rings is 1. The molecule has 1 aromatic carbocycles. The van der Waals surface area contributed by atoms with Gasteiger partial charge in [-0.3, -0.25) is 0 Å². The molecule has 0 amide bonds. The summed E-state index contributed by atoms with van der Waals surface area (Å²) >= 11 is 0. The van der Waals surface area contributed by atoms with Crippen molar-refractivity contribution in [2.45, 2.75) is 6.10 Å². The van der Waals surface area contributed by atoms with Crippen LogP contribution in [0.4, 0.5) is 4.39 Å². The molecule has 0 aliphatic rings. The molecule has 1 atom stereocenters. The summed E-state index contributed by atoms with van der Waals surface area (Å²) in [5, 5.41) is 19.0. The van der Waals surface area contributed by atoms with Crippen LogP contribution in [0.3, 0.4) is 0 Å². The molecule has 0 bridgehead atoms. The van der Waals surface area contributed by atoms with Crippen LogP contribution in [0.5, 0.6) is 5.75 Å². The minimum Gasteiger partial charge on any atom is -0.853 e. The van der Waals surface area contributed by atoms with E-state index in [0.29, 0.717) is 0 Å². The van der Waals surface area contributed by atoms with Crippen LogP contribution in [0, 0.1) is 5.82 Å². The number of aliphatic hydroxyl groups is 1. The highest BCUT2D eigenvalue weighted by molar-refractivity contribution is 5.23. The van der Waals surface area contributed by atoms with Crippen molar-refractivity contribution in [1.82, 2.24) is 0 Å². The summed E-state index contributed by atoms with van der Waals surface area (Å²) in [4.78, 5) is 0. The van der Waals surface area contributed by atoms with Gasteiger partial charge in [-0.25, -0.2) is 4.39 Å². The topological polar surface area (TPSA) is 52.5 Å². The third kappa shape index (κ3) is 3.01. The second-order valence-corrected chi connectivity index (χ2v) is 2.56. The Morgan fingerprint density at radius 3 is 2.77 bits per heavy atom. The van der Waals surface area contributed by atoms with E-state index in [2.05, 4.69) is 0 Å². The second-order valence-electron chi connectivity index (χ2n) is 2.56. The summed E-state index contributed by atoms with van der Waals surface area (Å²) < 4.78 is 17.7. The summed E-state index contributed by atoms with van der Waals surface area (Å²) in [5.74, 6) is -0.449. The maximum atomic E-state index is 12.9. The summed E-state index contributed by atoms with van der Waals surface area (Å²) in [6, 6.07) is 5.83. The van der Waals surface area contributed by atoms with Gasteiger partial charge in [0.25, 0.3) is 0 Å². The lowest BCUT2D eigenvalue weighted by atomic mass is 10.3. The molecule has 1 aromatic rings. The van der Waals surface area contributed by atoms with Gasteiger partial charge in [0.2, 0.25) is 0 Å². The summed E-state index contributed by atoms with van der Waals surface area (Å²) in [6.45, 7) is -0.821. The largest absolute Gasteiger partial charge is 0.853 e. The van der Waals surface area contributed by atoms with E-state index < -0.39 is 18.5 Å². The minimum atomic E-state index is -1.08. The zero-order valence-electron chi connectivity index (χ0n) is 6.94. The summed E-state index contributed by atoms with van der Waals surface area (Å²) in [7, 11) is 0. The van der Waals surface area contributed by atoms with Crippen molar-refractivity contribution in [2.75, 3.05) is 13.2 Å². The third-order valence-corrected chi connectivity index (χ3v) is 1.46. The van der Waals surface area contributed by atoms with E-state index in [4.69, 9.17) is 9.84 Å². The maximum absolute atomic E-state index is 12.9. The van der Waals surface area contributed by atoms with Gasteiger partial charge in [0.1, 0.15) is 6.61 Å². The molecule has 0 heterocycles. The molecule has 72 valence electrons. The fraction of sp³-hybridized carbons (Fsp3) is 0.333. The highest BCUT2D eigenvalue weighted by Gasteiger charge is 2.03. The van der Waals surface area contributed by atoms with E-state index in [1.54, 1.807) is 6.07 Å². The maximum Gasteiger partial charge on any atom is 0.165 e. The smallest absolute Gasteiger partial charge is 0.165 e. The van der Waals surface area contributed by atoms with Crippen molar-refractivity contribution in [1.29, 1.82) is 0 Å². The van der Waals surface area contributed by atoms with E-state index in [0.717, 1.165) is 0 Å². The fourth-order valence-corrected chi connectivity index (χ4v) is 0.796. The zero-order valence-corrected chi connectivity index (χ0v) is 6.94. The predicted octanol–water partition coefficient (Wildman–Crippen LogP) is -0.0743. The highest BCUT2D eigenvalue weighted by Crippen LogP contribution is 2.15. The van der Waals surface area contributed by atoms with E-state index in [9.17, 15) is 9.50 Å². The molecule has 0 aliphatic heterocycles. The van der Waals surface area contributed by atoms with Crippen LogP contribution >= 0.6 is 0 Å². The van der Waals surface area contributed by atoms with Gasteiger partial charge in [0.15, 0.2) is 11.6 Å². The monoisotopic (exact) mass is 185 g/mol. The minimum absolute atomic E-state index is 0.0509. The van der Waals surface area contributed by atoms with Crippen molar-refractivity contribution in [2.24, 2.45) is 0 Å². The van der Waals surface area contributed by atoms with Crippen LogP contribution in [0.15, 0.2) is 24.3 Å². The molecule has 0 fully saturated rings. The quantitative estimate of drug-likeness (QED) is 0.714. The van der Waals surface area contributed by atoms with Gasteiger partial charge in [-0.2, -0.15) is 0 Å². The highest BCUT2D eigenvalue weighted by atomic mass is 19.1. The Morgan fingerprint density at radius 1 is 1.46 bits per heavy atom. The second kappa shape index (κ2) is 4.79. The number of para-hydroxylation sites is 1. The molecule has 1 rings (SSSR count). The molecule has 1 unspecified atom stereocenters. The molecule has 0 saturated heterocycles. The van der Waals surface area contributed by atoms with Crippen molar-refractivity contribution in [3.05, 3.63) is 30.1 Å². The molecule has 0 aromatic heterocycles. The van der Waals surface area contributed by atoms with Crippen LogP contribution in [0.25, 0.3) is 0 Å². The Kier molecular flexibility index (Phi) is 3.67. The van der Waals surface area contributed by atoms with Gasteiger partial charge in [0.05, 0.1) is 6.10 Å². The Bertz CT molecular complexity index is 265. The first kappa shape index (κ1) is 9.95. The Labute approximate surface area is 75.4 Å². The van der Waals surface area contributed by atoms with E-state index in [1.165, 1.54) is 18.2 Å². The average Bonchev–Trinajstić information content (AvgIpc) is 2.16. The zero-order chi connectivity index (χ0) is 9.68. The van der Waals surface area contributed by atoms with Crippen molar-refractivity contribution >= 4 is 0 Å². The molecular formula is C9H10FO3-. The molecule has 0 radical (unpaired) electrons. The Morgan fingerprint density at radius 2 is 2.15 bits per heavy atom. The molecule has 3 nitrogen and oxygen atoms in total. The predicted molar refractivity (Wildman–Crippen MR) is 42.8 cm³/mol. The van der Waals surface area contributed by atoms with Gasteiger partial charge in [0, 0.05) is 0 Å². The molecule has 0 saturated carbocycles. The molecule has 13 heavy (non-hydrogen) atoms. The molecular weight excluding hydrogens is 175 g/mol. The Balaban J connectivity index is 2.50. The lowest BCUT2D eigenvalue weighted by molar-refractivity contribution is -0.384. The van der Waals surface area contributed by atoms with Crippen molar-refractivity contribution < 1.29 is 19.3 Å². The lowest BCUT2D eigenvalue weighted by Crippen LogP contribution is -2.29. The van der Waals surface area contributed by atoms with Crippen LogP contribution in [-0.2, 0) is 0 Å². The van der Waals surface area contributed by atoms with Crippen molar-refractivity contribution in [3.8, 4) is 5.75 Å². The SMILES string of the molecule is [O-]CC(O)COc1ccccc1F. The average molecular weight is 185 g/mol. The number of rotatable bonds is 4. The summed E-state index contributed by atoms with van der Waals surface area (Å²) in [5.41, 5.74) is 0. The fourth-order valence-electron chi connectivity index (χ4n) is 0.796. The Hall–Kier alpha value is -1.13. The van der Waals surface area contributed by atoms with Gasteiger partial charge in [-0.05, 0) is 12.1 Å². The number of ether oxygens (including phenoxy) is 1. The van der Waals surface area contributed by atoms with Gasteiger partial charge in [-0.1, -0.05) is 12.1 Å². The van der Waals surface area contributed by atoms with Crippen LogP contribution in [0.1, 0.15) is 0 Å². The van der Waals surface area contributed by atoms with E-state index in [1.807, 2.05) is 0 Å². The van der Waals surface area contributed by atoms with Gasteiger partial charge < -0.3 is 14.9 Å². The van der Waals surface area contributed by atoms with E-state index >= 15 is 0 Å². The van der Waals surface area contributed by atoms with Gasteiger partial charge >= 0.3 is 0 Å². The standard InChI is InChI=1S/C9H10FO3/c10-8-3-1-2-4-9(8)13-6-7(12)5-11/h1-4,7,12H,5-6H2/q-1. The lowest BCUT2D eigenvalue weighted by Gasteiger charge is -2.14.